The van der Waals surface area contributed by atoms with Gasteiger partial charge in [0, 0.05) is 23.1 Å². The van der Waals surface area contributed by atoms with Crippen LogP contribution < -0.4 is 10.5 Å². The lowest BCUT2D eigenvalue weighted by Gasteiger charge is -2.11. The number of aryl methyl sites for hydroxylation is 1. The summed E-state index contributed by atoms with van der Waals surface area (Å²) in [6.45, 7) is 2.49. The third-order valence-electron chi connectivity index (χ3n) is 3.77. The van der Waals surface area contributed by atoms with Crippen molar-refractivity contribution >= 4 is 11.6 Å². The number of halogens is 1. The highest BCUT2D eigenvalue weighted by molar-refractivity contribution is 5.75. The maximum Gasteiger partial charge on any atom is 0.316 e. The fraction of sp³-hybridized carbons (Fsp3) is 0.214. The van der Waals surface area contributed by atoms with Crippen LogP contribution in [0.4, 0.5) is 10.3 Å². The van der Waals surface area contributed by atoms with Crippen LogP contribution in [0.5, 0.6) is 5.75 Å². The number of anilines is 1. The number of hydrogen-bond acceptors (Lipinski definition) is 5. The van der Waals surface area contributed by atoms with E-state index in [9.17, 15) is 4.39 Å². The van der Waals surface area contributed by atoms with Crippen molar-refractivity contribution in [3.8, 4) is 17.0 Å². The molecule has 0 unspecified atom stereocenters. The molecule has 0 amide bonds. The van der Waals surface area contributed by atoms with E-state index < -0.39 is 6.08 Å². The molecule has 0 fully saturated rings. The highest BCUT2D eigenvalue weighted by Crippen LogP contribution is 2.36. The third kappa shape index (κ3) is 1.60. The second-order valence-electron chi connectivity index (χ2n) is 4.95. The first-order valence-electron chi connectivity index (χ1n) is 6.58. The summed E-state index contributed by atoms with van der Waals surface area (Å²) in [4.78, 5) is 4.35. The van der Waals surface area contributed by atoms with Crippen molar-refractivity contribution in [2.45, 2.75) is 13.3 Å². The van der Waals surface area contributed by atoms with E-state index in [1.54, 1.807) is 0 Å². The quantitative estimate of drug-likeness (QED) is 0.737. The Balaban J connectivity index is 2.04. The molecule has 0 spiro atoms. The summed E-state index contributed by atoms with van der Waals surface area (Å²) >= 11 is 0. The van der Waals surface area contributed by atoms with Gasteiger partial charge in [0.05, 0.1) is 12.3 Å². The van der Waals surface area contributed by atoms with Crippen molar-refractivity contribution in [1.82, 2.24) is 19.6 Å². The Kier molecular flexibility index (Phi) is 2.38. The van der Waals surface area contributed by atoms with Gasteiger partial charge >= 0.3 is 6.08 Å². The zero-order valence-corrected chi connectivity index (χ0v) is 11.3. The van der Waals surface area contributed by atoms with Crippen LogP contribution >= 0.6 is 0 Å². The van der Waals surface area contributed by atoms with Gasteiger partial charge in [-0.15, -0.1) is 5.10 Å². The highest BCUT2D eigenvalue weighted by Gasteiger charge is 2.22. The summed E-state index contributed by atoms with van der Waals surface area (Å²) in [5.74, 6) is 0.893. The van der Waals surface area contributed by atoms with Crippen LogP contribution in [0.15, 0.2) is 18.2 Å². The van der Waals surface area contributed by atoms with E-state index in [1.165, 1.54) is 0 Å². The van der Waals surface area contributed by atoms with Gasteiger partial charge in [0.15, 0.2) is 5.65 Å². The summed E-state index contributed by atoms with van der Waals surface area (Å²) < 4.78 is 20.3. The van der Waals surface area contributed by atoms with Gasteiger partial charge in [0.1, 0.15) is 5.75 Å². The predicted molar refractivity (Wildman–Crippen MR) is 74.5 cm³/mol. The first-order chi connectivity index (χ1) is 10.2. The van der Waals surface area contributed by atoms with E-state index in [0.717, 1.165) is 33.3 Å². The molecule has 1 aliphatic rings. The fourth-order valence-electron chi connectivity index (χ4n) is 2.77. The predicted octanol–water partition coefficient (Wildman–Crippen LogP) is 1.76. The van der Waals surface area contributed by atoms with E-state index in [-0.39, 0.29) is 5.95 Å². The van der Waals surface area contributed by atoms with Crippen molar-refractivity contribution in [1.29, 1.82) is 0 Å². The third-order valence-corrected chi connectivity index (χ3v) is 3.77. The molecular weight excluding hydrogens is 273 g/mol. The Hall–Kier alpha value is -2.70. The molecule has 106 valence electrons. The number of hydrogen-bond donors (Lipinski definition) is 1. The van der Waals surface area contributed by atoms with Crippen molar-refractivity contribution in [2.24, 2.45) is 0 Å². The standard InChI is InChI=1S/C14H12FN5O/c1-7-11(9-3-2-4-10-8(9)5-6-21-10)17-14(16)20-12(7)18-19-13(20)15/h2-4H,5-6H2,1H3,(H2,16,17). The van der Waals surface area contributed by atoms with E-state index in [4.69, 9.17) is 10.5 Å². The molecule has 3 aromatic rings. The molecule has 4 rings (SSSR count). The number of ether oxygens (including phenoxy) is 1. The van der Waals surface area contributed by atoms with E-state index >= 15 is 0 Å². The zero-order valence-electron chi connectivity index (χ0n) is 11.3. The maximum atomic E-state index is 13.6. The van der Waals surface area contributed by atoms with Crippen molar-refractivity contribution < 1.29 is 9.13 Å². The average molecular weight is 285 g/mol. The van der Waals surface area contributed by atoms with Crippen LogP contribution in [-0.2, 0) is 6.42 Å². The lowest BCUT2D eigenvalue weighted by molar-refractivity contribution is 0.357. The van der Waals surface area contributed by atoms with Crippen LogP contribution in [0.2, 0.25) is 0 Å². The van der Waals surface area contributed by atoms with Crippen LogP contribution in [0.3, 0.4) is 0 Å². The Morgan fingerprint density at radius 1 is 1.33 bits per heavy atom. The molecule has 0 bridgehead atoms. The Morgan fingerprint density at radius 2 is 2.19 bits per heavy atom. The first-order valence-corrected chi connectivity index (χ1v) is 6.58. The molecule has 0 radical (unpaired) electrons. The molecule has 2 aromatic heterocycles. The molecule has 7 heteroatoms. The molecule has 3 heterocycles. The number of nitrogens with two attached hydrogens (primary N) is 1. The number of nitrogen functional groups attached to an aromatic ring is 1. The minimum atomic E-state index is -0.758. The van der Waals surface area contributed by atoms with Crippen molar-refractivity contribution in [2.75, 3.05) is 12.3 Å². The van der Waals surface area contributed by atoms with Crippen LogP contribution in [0.1, 0.15) is 11.1 Å². The number of fused-ring (bicyclic) bond motifs is 2. The number of rotatable bonds is 1. The van der Waals surface area contributed by atoms with Crippen LogP contribution in [0.25, 0.3) is 16.9 Å². The number of aromatic nitrogens is 4. The molecule has 0 saturated carbocycles. The Labute approximate surface area is 119 Å². The topological polar surface area (TPSA) is 78.3 Å². The largest absolute Gasteiger partial charge is 0.493 e. The number of nitrogens with zero attached hydrogens (tertiary/aromatic N) is 4. The maximum absolute atomic E-state index is 13.6. The molecule has 6 nitrogen and oxygen atoms in total. The van der Waals surface area contributed by atoms with Gasteiger partial charge in [0.25, 0.3) is 0 Å². The number of benzene rings is 1. The van der Waals surface area contributed by atoms with E-state index in [2.05, 4.69) is 15.2 Å². The summed E-state index contributed by atoms with van der Waals surface area (Å²) in [6.07, 6.45) is 0.0601. The summed E-state index contributed by atoms with van der Waals surface area (Å²) in [5.41, 5.74) is 9.70. The first kappa shape index (κ1) is 12.1. The molecule has 0 saturated heterocycles. The molecule has 0 aliphatic carbocycles. The SMILES string of the molecule is Cc1c(-c2cccc3c2CCO3)nc(N)n2c(F)nnc12. The van der Waals surface area contributed by atoms with Gasteiger partial charge in [-0.1, -0.05) is 17.2 Å². The Bertz CT molecular complexity index is 873. The molecule has 21 heavy (non-hydrogen) atoms. The zero-order chi connectivity index (χ0) is 14.6. The fourth-order valence-corrected chi connectivity index (χ4v) is 2.77. The van der Waals surface area contributed by atoms with Gasteiger partial charge in [-0.3, -0.25) is 0 Å². The second-order valence-corrected chi connectivity index (χ2v) is 4.95. The second kappa shape index (κ2) is 4.15. The van der Waals surface area contributed by atoms with Gasteiger partial charge in [-0.2, -0.15) is 4.39 Å². The lowest BCUT2D eigenvalue weighted by atomic mass is 9.99. The summed E-state index contributed by atoms with van der Waals surface area (Å²) in [7, 11) is 0. The molecule has 1 aromatic carbocycles. The molecule has 1 aliphatic heterocycles. The smallest absolute Gasteiger partial charge is 0.316 e. The minimum absolute atomic E-state index is 0.0321. The normalized spacial score (nSPS) is 13.4. The minimum Gasteiger partial charge on any atom is -0.493 e. The van der Waals surface area contributed by atoms with Gasteiger partial charge < -0.3 is 10.5 Å². The molecular formula is C14H12FN5O. The van der Waals surface area contributed by atoms with Crippen LogP contribution in [0, 0.1) is 13.0 Å². The molecule has 0 atom stereocenters. The van der Waals surface area contributed by atoms with E-state index in [0.29, 0.717) is 17.9 Å². The van der Waals surface area contributed by atoms with E-state index in [1.807, 2.05) is 25.1 Å². The van der Waals surface area contributed by atoms with Crippen LogP contribution in [-0.4, -0.2) is 26.2 Å². The van der Waals surface area contributed by atoms with Gasteiger partial charge in [0.2, 0.25) is 5.95 Å². The molecule has 2 N–H and O–H groups in total. The van der Waals surface area contributed by atoms with Crippen molar-refractivity contribution in [3.05, 3.63) is 35.4 Å². The van der Waals surface area contributed by atoms with Crippen molar-refractivity contribution in [3.63, 3.8) is 0 Å². The lowest BCUT2D eigenvalue weighted by Crippen LogP contribution is -2.06. The summed E-state index contributed by atoms with van der Waals surface area (Å²) in [5, 5.41) is 7.27. The summed E-state index contributed by atoms with van der Waals surface area (Å²) in [6, 6.07) is 5.80. The average Bonchev–Trinajstić information content (AvgIpc) is 3.09. The van der Waals surface area contributed by atoms with Gasteiger partial charge in [-0.25, -0.2) is 9.38 Å². The van der Waals surface area contributed by atoms with Gasteiger partial charge in [-0.05, 0) is 13.0 Å². The highest BCUT2D eigenvalue weighted by atomic mass is 19.1. The monoisotopic (exact) mass is 285 g/mol. The Morgan fingerprint density at radius 3 is 3.05 bits per heavy atom.